The number of halogens is 3. The van der Waals surface area contributed by atoms with Crippen LogP contribution in [-0.2, 0) is 26.1 Å². The summed E-state index contributed by atoms with van der Waals surface area (Å²) in [5, 5.41) is 8.16. The third-order valence-corrected chi connectivity index (χ3v) is 6.39. The lowest BCUT2D eigenvalue weighted by Crippen LogP contribution is -2.30. The molecule has 1 N–H and O–H groups in total. The Labute approximate surface area is 213 Å². The SMILES string of the molecule is COC(=O)CNS(=O)(=O)c1cccc(Cn2nc(-c3nc(-c4ccc(OC(F)(F)F)cc4)no3)nc2C)c1. The molecule has 0 saturated heterocycles. The minimum atomic E-state index is -4.81. The number of sulfonamides is 1. The molecule has 12 nitrogen and oxygen atoms in total. The summed E-state index contributed by atoms with van der Waals surface area (Å²) in [6.45, 7) is 1.32. The summed E-state index contributed by atoms with van der Waals surface area (Å²) in [7, 11) is -2.81. The fourth-order valence-electron chi connectivity index (χ4n) is 3.19. The third-order valence-electron chi connectivity index (χ3n) is 5.00. The molecule has 200 valence electrons. The predicted octanol–water partition coefficient (Wildman–Crippen LogP) is 2.70. The average molecular weight is 552 g/mol. The van der Waals surface area contributed by atoms with Gasteiger partial charge < -0.3 is 14.0 Å². The van der Waals surface area contributed by atoms with E-state index in [0.717, 1.165) is 19.2 Å². The van der Waals surface area contributed by atoms with Crippen LogP contribution in [0.25, 0.3) is 23.1 Å². The Hall–Kier alpha value is -4.31. The number of ether oxygens (including phenoxy) is 2. The molecule has 4 rings (SSSR count). The van der Waals surface area contributed by atoms with Crippen LogP contribution in [0.1, 0.15) is 11.4 Å². The zero-order chi connectivity index (χ0) is 27.5. The van der Waals surface area contributed by atoms with E-state index in [-0.39, 0.29) is 29.0 Å². The fraction of sp³-hybridized carbons (Fsp3) is 0.227. The first-order valence-corrected chi connectivity index (χ1v) is 12.2. The summed E-state index contributed by atoms with van der Waals surface area (Å²) in [4.78, 5) is 19.7. The van der Waals surface area contributed by atoms with Crippen molar-refractivity contribution in [2.24, 2.45) is 0 Å². The minimum Gasteiger partial charge on any atom is -0.468 e. The summed E-state index contributed by atoms with van der Waals surface area (Å²) in [6, 6.07) is 11.0. The van der Waals surface area contributed by atoms with Crippen molar-refractivity contribution in [3.8, 4) is 28.9 Å². The molecule has 0 saturated carbocycles. The molecule has 0 atom stereocenters. The number of rotatable bonds is 9. The van der Waals surface area contributed by atoms with Gasteiger partial charge in [-0.2, -0.15) is 9.71 Å². The van der Waals surface area contributed by atoms with E-state index in [0.29, 0.717) is 17.0 Å². The van der Waals surface area contributed by atoms with Crippen LogP contribution in [0.4, 0.5) is 13.2 Å². The number of esters is 1. The molecule has 0 aliphatic heterocycles. The van der Waals surface area contributed by atoms with E-state index in [4.69, 9.17) is 4.52 Å². The Balaban J connectivity index is 1.49. The second-order valence-electron chi connectivity index (χ2n) is 7.68. The molecule has 0 amide bonds. The number of hydrogen-bond donors (Lipinski definition) is 1. The molecule has 0 radical (unpaired) electrons. The third kappa shape index (κ3) is 6.51. The molecular formula is C22H19F3N6O6S. The van der Waals surface area contributed by atoms with Crippen LogP contribution >= 0.6 is 0 Å². The van der Waals surface area contributed by atoms with Crippen LogP contribution in [0.15, 0.2) is 57.9 Å². The Morgan fingerprint density at radius 3 is 2.53 bits per heavy atom. The highest BCUT2D eigenvalue weighted by atomic mass is 32.2. The maximum Gasteiger partial charge on any atom is 0.573 e. The standard InChI is InChI=1S/C22H19F3N6O6S/c1-13-27-20(21-28-19(30-37-21)15-6-8-16(9-7-15)36-22(23,24)25)29-31(13)12-14-4-3-5-17(10-14)38(33,34)26-11-18(32)35-2/h3-10,26H,11-12H2,1-2H3. The largest absolute Gasteiger partial charge is 0.573 e. The van der Waals surface area contributed by atoms with Crippen molar-refractivity contribution in [3.05, 3.63) is 59.9 Å². The summed E-state index contributed by atoms with van der Waals surface area (Å²) >= 11 is 0. The number of carbonyl (C=O) groups excluding carboxylic acids is 1. The molecule has 0 aliphatic rings. The molecule has 0 spiro atoms. The second kappa shape index (κ2) is 10.6. The van der Waals surface area contributed by atoms with Gasteiger partial charge in [0.1, 0.15) is 18.1 Å². The van der Waals surface area contributed by atoms with Crippen LogP contribution in [0, 0.1) is 6.92 Å². The van der Waals surface area contributed by atoms with Gasteiger partial charge in [0.25, 0.3) is 5.89 Å². The number of carbonyl (C=O) groups is 1. The molecule has 0 fully saturated rings. The molecule has 16 heteroatoms. The van der Waals surface area contributed by atoms with Gasteiger partial charge >= 0.3 is 12.3 Å². The quantitative estimate of drug-likeness (QED) is 0.307. The van der Waals surface area contributed by atoms with E-state index < -0.39 is 34.6 Å². The van der Waals surface area contributed by atoms with E-state index in [2.05, 4.69) is 34.4 Å². The first-order valence-electron chi connectivity index (χ1n) is 10.7. The summed E-state index contributed by atoms with van der Waals surface area (Å²) < 4.78 is 79.1. The lowest BCUT2D eigenvalue weighted by molar-refractivity contribution is -0.274. The molecule has 0 unspecified atom stereocenters. The Morgan fingerprint density at radius 1 is 1.11 bits per heavy atom. The molecule has 0 bridgehead atoms. The van der Waals surface area contributed by atoms with Crippen LogP contribution in [0.5, 0.6) is 5.75 Å². The molecule has 2 heterocycles. The summed E-state index contributed by atoms with van der Waals surface area (Å²) in [6.07, 6.45) is -4.81. The van der Waals surface area contributed by atoms with Crippen LogP contribution in [0.3, 0.4) is 0 Å². The Kier molecular flexibility index (Phi) is 7.45. The molecule has 0 aliphatic carbocycles. The summed E-state index contributed by atoms with van der Waals surface area (Å²) in [5.74, 6) is -0.484. The van der Waals surface area contributed by atoms with E-state index in [1.54, 1.807) is 19.1 Å². The van der Waals surface area contributed by atoms with Crippen molar-refractivity contribution < 1.29 is 40.4 Å². The number of benzene rings is 2. The molecule has 2 aromatic carbocycles. The van der Waals surface area contributed by atoms with Crippen molar-refractivity contribution in [2.45, 2.75) is 24.7 Å². The lowest BCUT2D eigenvalue weighted by atomic mass is 10.2. The number of methoxy groups -OCH3 is 1. The number of aryl methyl sites for hydroxylation is 1. The van der Waals surface area contributed by atoms with Crippen molar-refractivity contribution in [1.29, 1.82) is 0 Å². The second-order valence-corrected chi connectivity index (χ2v) is 9.45. The fourth-order valence-corrected chi connectivity index (χ4v) is 4.23. The lowest BCUT2D eigenvalue weighted by Gasteiger charge is -2.08. The highest BCUT2D eigenvalue weighted by molar-refractivity contribution is 7.89. The number of nitrogens with one attached hydrogen (secondary N) is 1. The molecule has 2 aromatic heterocycles. The molecule has 38 heavy (non-hydrogen) atoms. The predicted molar refractivity (Wildman–Crippen MR) is 123 cm³/mol. The highest BCUT2D eigenvalue weighted by Crippen LogP contribution is 2.26. The van der Waals surface area contributed by atoms with Gasteiger partial charge in [0.2, 0.25) is 21.7 Å². The van der Waals surface area contributed by atoms with Gasteiger partial charge in [-0.25, -0.2) is 18.1 Å². The van der Waals surface area contributed by atoms with Crippen LogP contribution in [0.2, 0.25) is 0 Å². The minimum absolute atomic E-state index is 0.0270. The topological polar surface area (TPSA) is 151 Å². The van der Waals surface area contributed by atoms with E-state index in [1.807, 2.05) is 0 Å². The zero-order valence-corrected chi connectivity index (χ0v) is 20.6. The van der Waals surface area contributed by atoms with Crippen molar-refractivity contribution in [2.75, 3.05) is 13.7 Å². The van der Waals surface area contributed by atoms with Gasteiger partial charge in [-0.1, -0.05) is 17.3 Å². The highest BCUT2D eigenvalue weighted by Gasteiger charge is 2.31. The van der Waals surface area contributed by atoms with Gasteiger partial charge in [-0.15, -0.1) is 18.3 Å². The monoisotopic (exact) mass is 552 g/mol. The smallest absolute Gasteiger partial charge is 0.468 e. The van der Waals surface area contributed by atoms with Crippen LogP contribution in [-0.4, -0.2) is 59.3 Å². The zero-order valence-electron chi connectivity index (χ0n) is 19.8. The Bertz CT molecular complexity index is 1550. The normalized spacial score (nSPS) is 11.9. The van der Waals surface area contributed by atoms with Crippen molar-refractivity contribution in [3.63, 3.8) is 0 Å². The first-order chi connectivity index (χ1) is 17.9. The Morgan fingerprint density at radius 2 is 1.84 bits per heavy atom. The van der Waals surface area contributed by atoms with Gasteiger partial charge in [-0.3, -0.25) is 4.79 Å². The van der Waals surface area contributed by atoms with E-state index in [1.165, 1.54) is 28.9 Å². The van der Waals surface area contributed by atoms with Gasteiger partial charge in [0.15, 0.2) is 0 Å². The number of alkyl halides is 3. The summed E-state index contributed by atoms with van der Waals surface area (Å²) in [5.41, 5.74) is 0.961. The number of nitrogens with zero attached hydrogens (tertiary/aromatic N) is 5. The first kappa shape index (κ1) is 26.7. The van der Waals surface area contributed by atoms with Crippen molar-refractivity contribution in [1.82, 2.24) is 29.6 Å². The maximum absolute atomic E-state index is 12.5. The van der Waals surface area contributed by atoms with E-state index >= 15 is 0 Å². The van der Waals surface area contributed by atoms with Gasteiger partial charge in [-0.05, 0) is 48.9 Å². The van der Waals surface area contributed by atoms with Gasteiger partial charge in [0, 0.05) is 5.56 Å². The molecular weight excluding hydrogens is 533 g/mol. The van der Waals surface area contributed by atoms with Crippen molar-refractivity contribution >= 4 is 16.0 Å². The van der Waals surface area contributed by atoms with Gasteiger partial charge in [0.05, 0.1) is 18.6 Å². The number of hydrogen-bond acceptors (Lipinski definition) is 10. The number of aromatic nitrogens is 5. The average Bonchev–Trinajstić information content (AvgIpc) is 3.49. The van der Waals surface area contributed by atoms with Crippen LogP contribution < -0.4 is 9.46 Å². The molecule has 4 aromatic rings. The van der Waals surface area contributed by atoms with E-state index in [9.17, 15) is 26.4 Å². The maximum atomic E-state index is 12.5.